The number of hydrogen-bond acceptors (Lipinski definition) is 4. The zero-order valence-corrected chi connectivity index (χ0v) is 19.0. The van der Waals surface area contributed by atoms with Crippen LogP contribution >= 0.6 is 15.9 Å². The molecule has 0 aromatic heterocycles. The molecule has 0 saturated heterocycles. The van der Waals surface area contributed by atoms with Gasteiger partial charge in [0.2, 0.25) is 10.0 Å². The number of carbonyl (C=O) groups excluding carboxylic acids is 1. The predicted molar refractivity (Wildman–Crippen MR) is 118 cm³/mol. The number of benzene rings is 2. The van der Waals surface area contributed by atoms with E-state index in [4.69, 9.17) is 4.74 Å². The quantitative estimate of drug-likeness (QED) is 0.614. The molecule has 29 heavy (non-hydrogen) atoms. The van der Waals surface area contributed by atoms with Crippen molar-refractivity contribution in [2.24, 2.45) is 0 Å². The van der Waals surface area contributed by atoms with E-state index < -0.39 is 10.0 Å². The molecule has 154 valence electrons. The minimum atomic E-state index is -3.67. The lowest BCUT2D eigenvalue weighted by molar-refractivity contribution is -0.114. The predicted octanol–water partition coefficient (Wildman–Crippen LogP) is 3.70. The molecule has 0 atom stereocenters. The van der Waals surface area contributed by atoms with E-state index in [1.54, 1.807) is 23.1 Å². The van der Waals surface area contributed by atoms with Gasteiger partial charge in [0.1, 0.15) is 10.6 Å². The fourth-order valence-corrected chi connectivity index (χ4v) is 4.74. The minimum absolute atomic E-state index is 0.0627. The Hall–Kier alpha value is -2.16. The van der Waals surface area contributed by atoms with E-state index in [1.165, 1.54) is 33.3 Å². The van der Waals surface area contributed by atoms with Crippen LogP contribution in [0.2, 0.25) is 0 Å². The van der Waals surface area contributed by atoms with Gasteiger partial charge in [-0.15, -0.1) is 0 Å². The van der Waals surface area contributed by atoms with Crippen LogP contribution in [-0.4, -0.2) is 46.4 Å². The Morgan fingerprint density at radius 1 is 1.21 bits per heavy atom. The van der Waals surface area contributed by atoms with Crippen molar-refractivity contribution in [3.8, 4) is 5.75 Å². The van der Waals surface area contributed by atoms with Crippen LogP contribution in [-0.2, 0) is 21.2 Å². The first-order chi connectivity index (χ1) is 13.7. The molecule has 0 bridgehead atoms. The SMILES string of the molecule is COc1ccc(/C=C/C(=O)N2CCCc3cc(Br)ccc32)cc1S(=O)(=O)N(C)C. The summed E-state index contributed by atoms with van der Waals surface area (Å²) >= 11 is 3.47. The maximum Gasteiger partial charge on any atom is 0.250 e. The Balaban J connectivity index is 1.89. The smallest absolute Gasteiger partial charge is 0.250 e. The van der Waals surface area contributed by atoms with Crippen LogP contribution in [0.4, 0.5) is 5.69 Å². The Morgan fingerprint density at radius 3 is 2.66 bits per heavy atom. The molecule has 1 amide bonds. The van der Waals surface area contributed by atoms with Crippen LogP contribution < -0.4 is 9.64 Å². The molecule has 0 N–H and O–H groups in total. The van der Waals surface area contributed by atoms with E-state index in [0.29, 0.717) is 12.1 Å². The second-order valence-electron chi connectivity index (χ2n) is 6.90. The fraction of sp³-hybridized carbons (Fsp3) is 0.286. The minimum Gasteiger partial charge on any atom is -0.495 e. The number of nitrogens with zero attached hydrogens (tertiary/aromatic N) is 2. The van der Waals surface area contributed by atoms with Gasteiger partial charge in [-0.1, -0.05) is 22.0 Å². The lowest BCUT2D eigenvalue weighted by Crippen LogP contribution is -2.34. The lowest BCUT2D eigenvalue weighted by atomic mass is 10.0. The van der Waals surface area contributed by atoms with Crippen molar-refractivity contribution < 1.29 is 17.9 Å². The summed E-state index contributed by atoms with van der Waals surface area (Å²) < 4.78 is 32.4. The summed E-state index contributed by atoms with van der Waals surface area (Å²) in [6.45, 7) is 0.653. The number of halogens is 1. The summed E-state index contributed by atoms with van der Waals surface area (Å²) in [5, 5.41) is 0. The summed E-state index contributed by atoms with van der Waals surface area (Å²) in [4.78, 5) is 14.6. The Labute approximate surface area is 180 Å². The standard InChI is InChI=1S/C21H23BrN2O4S/c1-23(2)29(26,27)20-13-15(6-10-19(20)28-3)7-11-21(25)24-12-4-5-16-14-17(22)8-9-18(16)24/h6-11,13-14H,4-5,12H2,1-3H3/b11-7+. The van der Waals surface area contributed by atoms with E-state index in [9.17, 15) is 13.2 Å². The lowest BCUT2D eigenvalue weighted by Gasteiger charge is -2.28. The number of sulfonamides is 1. The molecular formula is C21H23BrN2O4S. The highest BCUT2D eigenvalue weighted by Crippen LogP contribution is 2.30. The number of ether oxygens (including phenoxy) is 1. The third-order valence-corrected chi connectivity index (χ3v) is 7.12. The number of rotatable bonds is 5. The Bertz CT molecular complexity index is 1060. The van der Waals surface area contributed by atoms with Crippen LogP contribution in [0, 0.1) is 0 Å². The second-order valence-corrected chi connectivity index (χ2v) is 9.93. The largest absolute Gasteiger partial charge is 0.495 e. The fourth-order valence-electron chi connectivity index (χ4n) is 3.25. The number of fused-ring (bicyclic) bond motifs is 1. The Morgan fingerprint density at radius 2 is 1.97 bits per heavy atom. The summed E-state index contributed by atoms with van der Waals surface area (Å²) in [6.07, 6.45) is 4.94. The molecule has 0 unspecified atom stereocenters. The molecule has 3 rings (SSSR count). The number of amides is 1. The van der Waals surface area contributed by atoms with Crippen molar-refractivity contribution in [2.45, 2.75) is 17.7 Å². The van der Waals surface area contributed by atoms with Gasteiger partial charge in [-0.3, -0.25) is 4.79 Å². The van der Waals surface area contributed by atoms with Gasteiger partial charge in [0.15, 0.2) is 0 Å². The van der Waals surface area contributed by atoms with Crippen LogP contribution in [0.1, 0.15) is 17.5 Å². The van der Waals surface area contributed by atoms with Crippen LogP contribution in [0.15, 0.2) is 51.8 Å². The number of aryl methyl sites for hydroxylation is 1. The summed E-state index contributed by atoms with van der Waals surface area (Å²) in [7, 11) is 0.686. The third-order valence-electron chi connectivity index (χ3n) is 4.79. The van der Waals surface area contributed by atoms with Gasteiger partial charge < -0.3 is 9.64 Å². The molecule has 0 radical (unpaired) electrons. The topological polar surface area (TPSA) is 66.9 Å². The molecule has 0 saturated carbocycles. The van der Waals surface area contributed by atoms with Crippen LogP contribution in [0.25, 0.3) is 6.08 Å². The maximum atomic E-state index is 12.8. The van der Waals surface area contributed by atoms with E-state index in [1.807, 2.05) is 18.2 Å². The van der Waals surface area contributed by atoms with Crippen molar-refractivity contribution in [1.82, 2.24) is 4.31 Å². The van der Waals surface area contributed by atoms with Gasteiger partial charge >= 0.3 is 0 Å². The normalized spacial score (nSPS) is 14.3. The highest BCUT2D eigenvalue weighted by Gasteiger charge is 2.23. The zero-order chi connectivity index (χ0) is 21.2. The van der Waals surface area contributed by atoms with Gasteiger partial charge in [-0.05, 0) is 60.4 Å². The molecular weight excluding hydrogens is 456 g/mol. The first kappa shape index (κ1) is 21.5. The third kappa shape index (κ3) is 4.55. The van der Waals surface area contributed by atoms with E-state index in [0.717, 1.165) is 32.9 Å². The highest BCUT2D eigenvalue weighted by molar-refractivity contribution is 9.10. The van der Waals surface area contributed by atoms with Crippen molar-refractivity contribution in [2.75, 3.05) is 32.6 Å². The van der Waals surface area contributed by atoms with E-state index in [2.05, 4.69) is 15.9 Å². The number of methoxy groups -OCH3 is 1. The zero-order valence-electron chi connectivity index (χ0n) is 16.6. The van der Waals surface area contributed by atoms with Crippen molar-refractivity contribution in [1.29, 1.82) is 0 Å². The number of hydrogen-bond donors (Lipinski definition) is 0. The van der Waals surface area contributed by atoms with Gasteiger partial charge in [0.05, 0.1) is 7.11 Å². The summed E-state index contributed by atoms with van der Waals surface area (Å²) in [5.41, 5.74) is 2.66. The molecule has 8 heteroatoms. The molecule has 6 nitrogen and oxygen atoms in total. The average molecular weight is 479 g/mol. The van der Waals surface area contributed by atoms with Crippen LogP contribution in [0.5, 0.6) is 5.75 Å². The molecule has 1 aliphatic heterocycles. The van der Waals surface area contributed by atoms with Gasteiger partial charge in [0.25, 0.3) is 5.91 Å². The molecule has 0 fully saturated rings. The van der Waals surface area contributed by atoms with Crippen molar-refractivity contribution in [3.63, 3.8) is 0 Å². The molecule has 1 aliphatic rings. The molecule has 2 aromatic carbocycles. The monoisotopic (exact) mass is 478 g/mol. The van der Waals surface area contributed by atoms with Gasteiger partial charge in [-0.2, -0.15) is 0 Å². The van der Waals surface area contributed by atoms with Crippen LogP contribution in [0.3, 0.4) is 0 Å². The average Bonchev–Trinajstić information content (AvgIpc) is 2.70. The van der Waals surface area contributed by atoms with E-state index in [-0.39, 0.29) is 16.6 Å². The maximum absolute atomic E-state index is 12.8. The molecule has 0 aliphatic carbocycles. The first-order valence-electron chi connectivity index (χ1n) is 9.12. The van der Waals surface area contributed by atoms with Crippen molar-refractivity contribution in [3.05, 3.63) is 58.1 Å². The van der Waals surface area contributed by atoms with Gasteiger partial charge in [-0.25, -0.2) is 12.7 Å². The molecule has 0 spiro atoms. The highest BCUT2D eigenvalue weighted by atomic mass is 79.9. The first-order valence-corrected chi connectivity index (χ1v) is 11.4. The summed E-state index contributed by atoms with van der Waals surface area (Å²) in [5.74, 6) is 0.124. The Kier molecular flexibility index (Phi) is 6.45. The van der Waals surface area contributed by atoms with Gasteiger partial charge in [0, 0.05) is 36.9 Å². The number of anilines is 1. The molecule has 2 aromatic rings. The second kappa shape index (κ2) is 8.69. The summed E-state index contributed by atoms with van der Waals surface area (Å²) in [6, 6.07) is 10.7. The number of carbonyl (C=O) groups is 1. The van der Waals surface area contributed by atoms with Crippen molar-refractivity contribution >= 4 is 43.6 Å². The molecule has 1 heterocycles. The van der Waals surface area contributed by atoms with E-state index >= 15 is 0 Å².